The maximum Gasteiger partial charge on any atom is 0.254 e. The molecule has 1 aromatic carbocycles. The second-order valence-corrected chi connectivity index (χ2v) is 4.70. The van der Waals surface area contributed by atoms with Gasteiger partial charge in [0.15, 0.2) is 0 Å². The number of rotatable bonds is 2. The zero-order valence-electron chi connectivity index (χ0n) is 8.88. The van der Waals surface area contributed by atoms with E-state index in [0.29, 0.717) is 0 Å². The van der Waals surface area contributed by atoms with Gasteiger partial charge in [-0.1, -0.05) is 26.0 Å². The predicted molar refractivity (Wildman–Crippen MR) is 56.1 cm³/mol. The Morgan fingerprint density at radius 2 is 2.07 bits per heavy atom. The Morgan fingerprint density at radius 3 is 2.60 bits per heavy atom. The van der Waals surface area contributed by atoms with Crippen molar-refractivity contribution < 1.29 is 9.18 Å². The van der Waals surface area contributed by atoms with Crippen LogP contribution in [0.25, 0.3) is 0 Å². The van der Waals surface area contributed by atoms with Gasteiger partial charge in [-0.15, -0.1) is 0 Å². The Balaban J connectivity index is 2.06. The van der Waals surface area contributed by atoms with Crippen LogP contribution in [0, 0.1) is 11.2 Å². The minimum Gasteiger partial charge on any atom is -0.349 e. The number of carbonyl (C=O) groups is 1. The number of halogens is 1. The summed E-state index contributed by atoms with van der Waals surface area (Å²) in [4.78, 5) is 11.7. The summed E-state index contributed by atoms with van der Waals surface area (Å²) in [6.45, 7) is 4.17. The third kappa shape index (κ3) is 2.01. The molecule has 1 atom stereocenters. The zero-order chi connectivity index (χ0) is 11.1. The monoisotopic (exact) mass is 207 g/mol. The highest BCUT2D eigenvalue weighted by Crippen LogP contribution is 2.44. The van der Waals surface area contributed by atoms with Gasteiger partial charge in [0.2, 0.25) is 0 Å². The fourth-order valence-electron chi connectivity index (χ4n) is 1.59. The van der Waals surface area contributed by atoms with E-state index in [1.165, 1.54) is 12.1 Å². The summed E-state index contributed by atoms with van der Waals surface area (Å²) >= 11 is 0. The van der Waals surface area contributed by atoms with Gasteiger partial charge in [0.05, 0.1) is 5.56 Å². The molecule has 15 heavy (non-hydrogen) atoms. The molecule has 2 nitrogen and oxygen atoms in total. The molecule has 0 aliphatic heterocycles. The molecule has 1 amide bonds. The van der Waals surface area contributed by atoms with Crippen molar-refractivity contribution >= 4 is 5.91 Å². The van der Waals surface area contributed by atoms with E-state index in [1.807, 2.05) is 0 Å². The molecule has 1 unspecified atom stereocenters. The molecular weight excluding hydrogens is 193 g/mol. The highest BCUT2D eigenvalue weighted by atomic mass is 19.1. The molecule has 1 saturated carbocycles. The van der Waals surface area contributed by atoms with Crippen LogP contribution in [0.4, 0.5) is 4.39 Å². The molecule has 3 heteroatoms. The molecule has 1 aliphatic carbocycles. The Morgan fingerprint density at radius 1 is 1.47 bits per heavy atom. The SMILES string of the molecule is CC1(C)CC1NC(=O)c1ccccc1F. The predicted octanol–water partition coefficient (Wildman–Crippen LogP) is 2.35. The lowest BCUT2D eigenvalue weighted by Gasteiger charge is -2.07. The molecule has 80 valence electrons. The topological polar surface area (TPSA) is 29.1 Å². The van der Waals surface area contributed by atoms with Gasteiger partial charge in [0.1, 0.15) is 5.82 Å². The summed E-state index contributed by atoms with van der Waals surface area (Å²) in [6.07, 6.45) is 0.965. The Kier molecular flexibility index (Phi) is 2.25. The van der Waals surface area contributed by atoms with Crippen LogP contribution in [0.2, 0.25) is 0 Å². The molecule has 1 N–H and O–H groups in total. The standard InChI is InChI=1S/C12H14FNO/c1-12(2)7-10(12)14-11(15)8-5-3-4-6-9(8)13/h3-6,10H,7H2,1-2H3,(H,14,15). The lowest BCUT2D eigenvalue weighted by Crippen LogP contribution is -2.29. The van der Waals surface area contributed by atoms with Gasteiger partial charge in [-0.3, -0.25) is 4.79 Å². The summed E-state index contributed by atoms with van der Waals surface area (Å²) in [5.41, 5.74) is 0.293. The summed E-state index contributed by atoms with van der Waals surface area (Å²) in [5.74, 6) is -0.780. The highest BCUT2D eigenvalue weighted by molar-refractivity contribution is 5.94. The number of carbonyl (C=O) groups excluding carboxylic acids is 1. The quantitative estimate of drug-likeness (QED) is 0.792. The summed E-state index contributed by atoms with van der Waals surface area (Å²) in [5, 5.41) is 2.82. The van der Waals surface area contributed by atoms with E-state index in [4.69, 9.17) is 0 Å². The van der Waals surface area contributed by atoms with Crippen molar-refractivity contribution in [3.63, 3.8) is 0 Å². The first-order valence-electron chi connectivity index (χ1n) is 5.06. The largest absolute Gasteiger partial charge is 0.349 e. The van der Waals surface area contributed by atoms with Crippen molar-refractivity contribution in [1.82, 2.24) is 5.32 Å². The molecule has 0 saturated heterocycles. The molecule has 0 aromatic heterocycles. The van der Waals surface area contributed by atoms with Crippen LogP contribution < -0.4 is 5.32 Å². The first-order valence-corrected chi connectivity index (χ1v) is 5.06. The first kappa shape index (κ1) is 10.1. The molecule has 2 rings (SSSR count). The van der Waals surface area contributed by atoms with Crippen LogP contribution in [0.1, 0.15) is 30.6 Å². The molecule has 0 heterocycles. The summed E-state index contributed by atoms with van der Waals surface area (Å²) < 4.78 is 13.2. The lowest BCUT2D eigenvalue weighted by atomic mass is 10.1. The number of hydrogen-bond acceptors (Lipinski definition) is 1. The van der Waals surface area contributed by atoms with E-state index in [1.54, 1.807) is 12.1 Å². The average molecular weight is 207 g/mol. The number of hydrogen-bond donors (Lipinski definition) is 1. The molecule has 0 spiro atoms. The van der Waals surface area contributed by atoms with Gasteiger partial charge in [0.25, 0.3) is 5.91 Å². The first-order chi connectivity index (χ1) is 7.00. The minimum absolute atomic E-state index is 0.125. The van der Waals surface area contributed by atoms with Crippen LogP contribution in [-0.2, 0) is 0 Å². The van der Waals surface area contributed by atoms with Crippen molar-refractivity contribution in [2.45, 2.75) is 26.3 Å². The fraction of sp³-hybridized carbons (Fsp3) is 0.417. The maximum atomic E-state index is 13.2. The normalized spacial score (nSPS) is 22.2. The molecule has 1 aliphatic rings. The lowest BCUT2D eigenvalue weighted by molar-refractivity contribution is 0.0942. The number of amides is 1. The van der Waals surface area contributed by atoms with Crippen molar-refractivity contribution in [2.24, 2.45) is 5.41 Å². The summed E-state index contributed by atoms with van der Waals surface area (Å²) in [6, 6.07) is 6.22. The van der Waals surface area contributed by atoms with Gasteiger partial charge in [0, 0.05) is 6.04 Å². The van der Waals surface area contributed by atoms with E-state index < -0.39 is 5.82 Å². The highest BCUT2D eigenvalue weighted by Gasteiger charge is 2.46. The van der Waals surface area contributed by atoms with E-state index in [2.05, 4.69) is 19.2 Å². The maximum absolute atomic E-state index is 13.2. The van der Waals surface area contributed by atoms with Crippen LogP contribution in [0.3, 0.4) is 0 Å². The second-order valence-electron chi connectivity index (χ2n) is 4.70. The van der Waals surface area contributed by atoms with E-state index >= 15 is 0 Å². The van der Waals surface area contributed by atoms with Crippen LogP contribution in [-0.4, -0.2) is 11.9 Å². The van der Waals surface area contributed by atoms with E-state index in [9.17, 15) is 9.18 Å². The Hall–Kier alpha value is -1.38. The Bertz CT molecular complexity index is 400. The third-order valence-corrected chi connectivity index (χ3v) is 2.94. The minimum atomic E-state index is -0.464. The molecule has 0 bridgehead atoms. The average Bonchev–Trinajstić information content (AvgIpc) is 2.74. The van der Waals surface area contributed by atoms with Gasteiger partial charge in [-0.2, -0.15) is 0 Å². The molecular formula is C12H14FNO. The van der Waals surface area contributed by atoms with E-state index in [-0.39, 0.29) is 22.9 Å². The smallest absolute Gasteiger partial charge is 0.254 e. The summed E-state index contributed by atoms with van der Waals surface area (Å²) in [7, 11) is 0. The van der Waals surface area contributed by atoms with Crippen molar-refractivity contribution in [3.8, 4) is 0 Å². The number of nitrogens with one attached hydrogen (secondary N) is 1. The van der Waals surface area contributed by atoms with Gasteiger partial charge in [-0.25, -0.2) is 4.39 Å². The zero-order valence-corrected chi connectivity index (χ0v) is 8.88. The Labute approximate surface area is 88.5 Å². The van der Waals surface area contributed by atoms with Crippen molar-refractivity contribution in [2.75, 3.05) is 0 Å². The van der Waals surface area contributed by atoms with Crippen LogP contribution >= 0.6 is 0 Å². The van der Waals surface area contributed by atoms with Crippen LogP contribution in [0.5, 0.6) is 0 Å². The van der Waals surface area contributed by atoms with Crippen molar-refractivity contribution in [1.29, 1.82) is 0 Å². The van der Waals surface area contributed by atoms with Crippen LogP contribution in [0.15, 0.2) is 24.3 Å². The molecule has 0 radical (unpaired) electrons. The van der Waals surface area contributed by atoms with Crippen molar-refractivity contribution in [3.05, 3.63) is 35.6 Å². The van der Waals surface area contributed by atoms with E-state index in [0.717, 1.165) is 6.42 Å². The van der Waals surface area contributed by atoms with Gasteiger partial charge in [-0.05, 0) is 24.0 Å². The van der Waals surface area contributed by atoms with Gasteiger partial charge >= 0.3 is 0 Å². The second kappa shape index (κ2) is 3.33. The van der Waals surface area contributed by atoms with Gasteiger partial charge < -0.3 is 5.32 Å². The number of benzene rings is 1. The third-order valence-electron chi connectivity index (χ3n) is 2.94. The molecule has 1 fully saturated rings. The molecule has 1 aromatic rings. The fourth-order valence-corrected chi connectivity index (χ4v) is 1.59.